The Balaban J connectivity index is 2.02. The molecule has 1 aromatic heterocycles. The van der Waals surface area contributed by atoms with Crippen molar-refractivity contribution in [2.24, 2.45) is 5.92 Å². The molecule has 142 valence electrons. The van der Waals surface area contributed by atoms with Gasteiger partial charge in [0, 0.05) is 32.1 Å². The van der Waals surface area contributed by atoms with Crippen molar-refractivity contribution in [1.82, 2.24) is 9.97 Å². The van der Waals surface area contributed by atoms with Crippen LogP contribution in [-0.4, -0.2) is 62.2 Å². The van der Waals surface area contributed by atoms with E-state index in [9.17, 15) is 8.42 Å². The number of nitrogens with one attached hydrogen (secondary N) is 1. The molecule has 1 aromatic rings. The molecule has 25 heavy (non-hydrogen) atoms. The van der Waals surface area contributed by atoms with E-state index in [0.717, 1.165) is 25.3 Å². The molecule has 2 rings (SSSR count). The van der Waals surface area contributed by atoms with Gasteiger partial charge in [-0.3, -0.25) is 0 Å². The summed E-state index contributed by atoms with van der Waals surface area (Å²) in [6, 6.07) is 2.06. The van der Waals surface area contributed by atoms with Crippen LogP contribution >= 0.6 is 0 Å². The van der Waals surface area contributed by atoms with Crippen molar-refractivity contribution in [3.63, 3.8) is 0 Å². The second-order valence-electron chi connectivity index (χ2n) is 6.87. The van der Waals surface area contributed by atoms with Crippen molar-refractivity contribution in [2.75, 3.05) is 41.9 Å². The number of ether oxygens (including phenoxy) is 1. The lowest BCUT2D eigenvalue weighted by molar-refractivity contribution is -0.0203. The highest BCUT2D eigenvalue weighted by atomic mass is 32.2. The molecule has 7 nitrogen and oxygen atoms in total. The summed E-state index contributed by atoms with van der Waals surface area (Å²) >= 11 is 0. The van der Waals surface area contributed by atoms with Crippen molar-refractivity contribution < 1.29 is 13.2 Å². The Bertz CT molecular complexity index is 651. The number of hydrogen-bond donors (Lipinski definition) is 1. The second kappa shape index (κ2) is 8.80. The van der Waals surface area contributed by atoms with Crippen molar-refractivity contribution in [2.45, 2.75) is 45.8 Å². The highest BCUT2D eigenvalue weighted by molar-refractivity contribution is 7.91. The maximum absolute atomic E-state index is 11.7. The molecule has 1 aliphatic heterocycles. The fourth-order valence-corrected chi connectivity index (χ4v) is 3.78. The Morgan fingerprint density at radius 1 is 1.44 bits per heavy atom. The van der Waals surface area contributed by atoms with Crippen LogP contribution in [0.2, 0.25) is 0 Å². The average molecular weight is 371 g/mol. The minimum absolute atomic E-state index is 0.104. The number of rotatable bonds is 8. The predicted octanol–water partition coefficient (Wildman–Crippen LogP) is 1.96. The van der Waals surface area contributed by atoms with E-state index < -0.39 is 9.84 Å². The van der Waals surface area contributed by atoms with Gasteiger partial charge in [-0.15, -0.1) is 0 Å². The van der Waals surface area contributed by atoms with Gasteiger partial charge in [-0.25, -0.2) is 13.4 Å². The molecule has 2 heterocycles. The molecule has 0 amide bonds. The molecule has 8 heteroatoms. The SMILES string of the molecule is CCS(=O)(=O)CCN(C)c1nccc(N[C@@H]2CCCO[C@H]2C(C)C)n1. The molecular formula is C17H30N4O3S. The van der Waals surface area contributed by atoms with Crippen molar-refractivity contribution in [3.8, 4) is 0 Å². The van der Waals surface area contributed by atoms with E-state index in [1.807, 2.05) is 13.1 Å². The maximum atomic E-state index is 11.7. The lowest BCUT2D eigenvalue weighted by Crippen LogP contribution is -2.43. The highest BCUT2D eigenvalue weighted by Crippen LogP contribution is 2.23. The summed E-state index contributed by atoms with van der Waals surface area (Å²) in [5, 5.41) is 3.47. The van der Waals surface area contributed by atoms with Crippen LogP contribution in [0.5, 0.6) is 0 Å². The van der Waals surface area contributed by atoms with Gasteiger partial charge in [0.2, 0.25) is 5.95 Å². The molecule has 0 saturated carbocycles. The van der Waals surface area contributed by atoms with Crippen LogP contribution in [0.15, 0.2) is 12.3 Å². The number of anilines is 2. The summed E-state index contributed by atoms with van der Waals surface area (Å²) in [5.41, 5.74) is 0. The third kappa shape index (κ3) is 5.81. The molecule has 0 bridgehead atoms. The summed E-state index contributed by atoms with van der Waals surface area (Å²) in [6.07, 6.45) is 3.95. The van der Waals surface area contributed by atoms with Gasteiger partial charge in [0.25, 0.3) is 0 Å². The quantitative estimate of drug-likeness (QED) is 0.749. The topological polar surface area (TPSA) is 84.4 Å². The van der Waals surface area contributed by atoms with Gasteiger partial charge in [-0.2, -0.15) is 4.98 Å². The van der Waals surface area contributed by atoms with Gasteiger partial charge in [0.05, 0.1) is 17.9 Å². The van der Waals surface area contributed by atoms with Crippen LogP contribution in [0.25, 0.3) is 0 Å². The van der Waals surface area contributed by atoms with E-state index >= 15 is 0 Å². The Labute approximate surface area is 151 Å². The minimum Gasteiger partial charge on any atom is -0.376 e. The molecule has 1 aliphatic rings. The molecule has 1 saturated heterocycles. The van der Waals surface area contributed by atoms with E-state index in [-0.39, 0.29) is 23.7 Å². The van der Waals surface area contributed by atoms with Crippen LogP contribution in [0.4, 0.5) is 11.8 Å². The number of aromatic nitrogens is 2. The van der Waals surface area contributed by atoms with Crippen LogP contribution in [0, 0.1) is 5.92 Å². The van der Waals surface area contributed by atoms with Gasteiger partial charge in [-0.1, -0.05) is 20.8 Å². The number of hydrogen-bond acceptors (Lipinski definition) is 7. The van der Waals surface area contributed by atoms with Crippen molar-refractivity contribution in [1.29, 1.82) is 0 Å². The number of sulfone groups is 1. The molecule has 2 atom stereocenters. The maximum Gasteiger partial charge on any atom is 0.227 e. The highest BCUT2D eigenvalue weighted by Gasteiger charge is 2.28. The van der Waals surface area contributed by atoms with Crippen LogP contribution in [0.1, 0.15) is 33.6 Å². The van der Waals surface area contributed by atoms with E-state index in [4.69, 9.17) is 4.74 Å². The lowest BCUT2D eigenvalue weighted by Gasteiger charge is -2.35. The van der Waals surface area contributed by atoms with E-state index in [0.29, 0.717) is 18.4 Å². The van der Waals surface area contributed by atoms with Gasteiger partial charge in [0.15, 0.2) is 9.84 Å². The zero-order chi connectivity index (χ0) is 18.4. The minimum atomic E-state index is -3.00. The van der Waals surface area contributed by atoms with Gasteiger partial charge in [0.1, 0.15) is 5.82 Å². The molecule has 0 aromatic carbocycles. The first-order valence-corrected chi connectivity index (χ1v) is 10.8. The fraction of sp³-hybridized carbons (Fsp3) is 0.765. The lowest BCUT2D eigenvalue weighted by atomic mass is 9.94. The van der Waals surface area contributed by atoms with Gasteiger partial charge >= 0.3 is 0 Å². The molecule has 0 unspecified atom stereocenters. The van der Waals surface area contributed by atoms with Gasteiger partial charge in [-0.05, 0) is 24.8 Å². The standard InChI is InChI=1S/C17H30N4O3S/c1-5-25(22,23)12-10-21(4)17-18-9-8-15(20-17)19-14-7-6-11-24-16(14)13(2)3/h8-9,13-14,16H,5-7,10-12H2,1-4H3,(H,18,19,20)/t14-,16+/m1/s1. The first-order chi connectivity index (χ1) is 11.8. The first kappa shape index (κ1) is 19.9. The zero-order valence-electron chi connectivity index (χ0n) is 15.6. The zero-order valence-corrected chi connectivity index (χ0v) is 16.4. The smallest absolute Gasteiger partial charge is 0.227 e. The normalized spacial score (nSPS) is 21.3. The Morgan fingerprint density at radius 3 is 2.88 bits per heavy atom. The monoisotopic (exact) mass is 370 g/mol. The number of nitrogens with zero attached hydrogens (tertiary/aromatic N) is 3. The third-order valence-electron chi connectivity index (χ3n) is 4.52. The summed E-state index contributed by atoms with van der Waals surface area (Å²) in [5.74, 6) is 1.96. The predicted molar refractivity (Wildman–Crippen MR) is 101 cm³/mol. The van der Waals surface area contributed by atoms with Crippen LogP contribution < -0.4 is 10.2 Å². The molecule has 0 aliphatic carbocycles. The van der Waals surface area contributed by atoms with Crippen molar-refractivity contribution in [3.05, 3.63) is 12.3 Å². The Morgan fingerprint density at radius 2 is 2.20 bits per heavy atom. The Kier molecular flexibility index (Phi) is 7.01. The van der Waals surface area contributed by atoms with Crippen LogP contribution in [-0.2, 0) is 14.6 Å². The van der Waals surface area contributed by atoms with E-state index in [2.05, 4.69) is 29.1 Å². The average Bonchev–Trinajstić information content (AvgIpc) is 2.60. The summed E-state index contributed by atoms with van der Waals surface area (Å²) in [4.78, 5) is 10.6. The molecule has 0 spiro atoms. The molecule has 0 radical (unpaired) electrons. The van der Waals surface area contributed by atoms with E-state index in [1.54, 1.807) is 18.0 Å². The molecule has 1 N–H and O–H groups in total. The summed E-state index contributed by atoms with van der Waals surface area (Å²) < 4.78 is 29.2. The third-order valence-corrected chi connectivity index (χ3v) is 6.20. The molecular weight excluding hydrogens is 340 g/mol. The Hall–Kier alpha value is -1.41. The second-order valence-corrected chi connectivity index (χ2v) is 9.35. The van der Waals surface area contributed by atoms with E-state index in [1.165, 1.54) is 0 Å². The summed E-state index contributed by atoms with van der Waals surface area (Å²) in [6.45, 7) is 7.18. The molecule has 1 fully saturated rings. The first-order valence-electron chi connectivity index (χ1n) is 8.95. The fourth-order valence-electron chi connectivity index (χ4n) is 2.94. The largest absolute Gasteiger partial charge is 0.376 e. The van der Waals surface area contributed by atoms with Gasteiger partial charge < -0.3 is 15.0 Å². The van der Waals surface area contributed by atoms with Crippen LogP contribution in [0.3, 0.4) is 0 Å². The summed E-state index contributed by atoms with van der Waals surface area (Å²) in [7, 11) is -1.19. The van der Waals surface area contributed by atoms with Crippen molar-refractivity contribution >= 4 is 21.6 Å².